The lowest BCUT2D eigenvalue weighted by molar-refractivity contribution is -0.142. The Morgan fingerprint density at radius 2 is 1.75 bits per heavy atom. The van der Waals surface area contributed by atoms with Crippen molar-refractivity contribution < 1.29 is 43.3 Å². The molecule has 3 fully saturated rings. The number of halogens is 3. The third-order valence-electron chi connectivity index (χ3n) is 10.7. The largest absolute Gasteiger partial charge is 0.504 e. The van der Waals surface area contributed by atoms with E-state index < -0.39 is 64.5 Å². The van der Waals surface area contributed by atoms with Crippen molar-refractivity contribution in [2.45, 2.75) is 37.0 Å². The van der Waals surface area contributed by atoms with E-state index in [-0.39, 0.29) is 49.6 Å². The van der Waals surface area contributed by atoms with E-state index in [0.717, 1.165) is 9.91 Å². The summed E-state index contributed by atoms with van der Waals surface area (Å²) in [4.78, 5) is 70.1. The van der Waals surface area contributed by atoms with E-state index in [2.05, 4.69) is 5.43 Å². The summed E-state index contributed by atoms with van der Waals surface area (Å²) in [6.45, 7) is -0.0409. The highest BCUT2D eigenvalue weighted by Crippen LogP contribution is 2.64. The highest BCUT2D eigenvalue weighted by molar-refractivity contribution is 14.1. The predicted molar refractivity (Wildman–Crippen MR) is 190 cm³/mol. The van der Waals surface area contributed by atoms with Crippen LogP contribution in [0.25, 0.3) is 0 Å². The number of aromatic hydroxyl groups is 1. The number of likely N-dealkylation sites (tertiary alicyclic amines) is 1. The smallest absolute Gasteiger partial charge is 0.303 e. The fraction of sp³-hybridized carbons (Fsp3) is 0.324. The number of rotatable bonds is 9. The number of nitrogens with one attached hydrogen (secondary N) is 1. The maximum Gasteiger partial charge on any atom is 0.303 e. The molecule has 0 unspecified atom stereocenters. The highest BCUT2D eigenvalue weighted by atomic mass is 127. The number of carbonyl (C=O) groups is 5. The maximum atomic E-state index is 15.2. The number of allylic oxidation sites excluding steroid dienone is 2. The molecule has 0 bridgehead atoms. The molecule has 51 heavy (non-hydrogen) atoms. The Bertz CT molecular complexity index is 2010. The molecule has 2 aliphatic heterocycles. The van der Waals surface area contributed by atoms with E-state index in [0.29, 0.717) is 31.0 Å². The molecule has 0 spiro atoms. The number of benzene rings is 3. The van der Waals surface area contributed by atoms with E-state index in [1.54, 1.807) is 36.4 Å². The third-order valence-corrected chi connectivity index (χ3v) is 11.8. The molecule has 4 aliphatic rings. The predicted octanol–water partition coefficient (Wildman–Crippen LogP) is 5.65. The van der Waals surface area contributed by atoms with Crippen molar-refractivity contribution in [2.75, 3.05) is 19.1 Å². The van der Waals surface area contributed by atoms with Crippen LogP contribution >= 0.6 is 34.2 Å². The van der Waals surface area contributed by atoms with Crippen LogP contribution in [-0.2, 0) is 29.4 Å². The van der Waals surface area contributed by atoms with E-state index in [1.165, 1.54) is 31.4 Å². The number of imide groups is 2. The topological polar surface area (TPSA) is 154 Å². The van der Waals surface area contributed by atoms with Gasteiger partial charge in [0.25, 0.3) is 11.8 Å². The fourth-order valence-electron chi connectivity index (χ4n) is 8.62. The number of nitrogens with zero attached hydrogens (tertiary/aromatic N) is 2. The standard InChI is InChI=1S/C37H32ClFIN3O8/c1-51-28-16-18(15-27(40)32(28)46)31-23-12-13-24-30(35(49)42(33(24)47)14-2-3-29(44)45)25(23)17-26-34(48)43(41-22-10-8-21(39)9-11-22)36(50)37(26,31)19-4-6-20(38)7-5-19/h4-12,15-16,24-26,30-31,41,46H,2-3,13-14,17H2,1H3,(H,44,45)/t24-,25+,26-,30-,31-,37+/m0/s1. The minimum Gasteiger partial charge on any atom is -0.504 e. The van der Waals surface area contributed by atoms with Gasteiger partial charge in [0, 0.05) is 23.9 Å². The second kappa shape index (κ2) is 13.2. The molecule has 2 aliphatic carbocycles. The van der Waals surface area contributed by atoms with E-state index in [4.69, 9.17) is 16.3 Å². The molecular weight excluding hydrogens is 796 g/mol. The molecule has 11 nitrogen and oxygen atoms in total. The Labute approximate surface area is 310 Å². The van der Waals surface area contributed by atoms with Crippen LogP contribution in [0.2, 0.25) is 5.02 Å². The average Bonchev–Trinajstić information content (AvgIpc) is 3.47. The molecule has 1 saturated carbocycles. The second-order valence-electron chi connectivity index (χ2n) is 13.3. The lowest BCUT2D eigenvalue weighted by Crippen LogP contribution is -2.53. The summed E-state index contributed by atoms with van der Waals surface area (Å²) >= 11 is 8.30. The number of hydrazine groups is 1. The first-order chi connectivity index (χ1) is 24.4. The van der Waals surface area contributed by atoms with Gasteiger partial charge in [-0.15, -0.1) is 0 Å². The molecule has 3 aromatic carbocycles. The Balaban J connectivity index is 1.43. The van der Waals surface area contributed by atoms with Crippen LogP contribution in [0.1, 0.15) is 42.7 Å². The molecule has 3 aromatic rings. The van der Waals surface area contributed by atoms with E-state index in [1.807, 2.05) is 28.7 Å². The molecule has 0 radical (unpaired) electrons. The maximum absolute atomic E-state index is 15.2. The van der Waals surface area contributed by atoms with Crippen molar-refractivity contribution in [3.05, 3.63) is 97.8 Å². The van der Waals surface area contributed by atoms with Crippen molar-refractivity contribution in [3.8, 4) is 11.5 Å². The number of aliphatic carboxylic acids is 1. The Kier molecular flexibility index (Phi) is 9.07. The summed E-state index contributed by atoms with van der Waals surface area (Å²) in [5.74, 6) is -7.58. The van der Waals surface area contributed by atoms with Crippen molar-refractivity contribution in [1.29, 1.82) is 0 Å². The Morgan fingerprint density at radius 3 is 2.41 bits per heavy atom. The van der Waals surface area contributed by atoms with Crippen LogP contribution in [0.3, 0.4) is 0 Å². The highest BCUT2D eigenvalue weighted by Gasteiger charge is 2.70. The SMILES string of the molecule is COc1cc([C@H]2C3=CC[C@@H]4C(=O)N(CCCC(=O)O)C(=O)[C@@H]4[C@@H]3C[C@H]3C(=O)N(Nc4ccc(F)cc4)C(=O)[C@@]23c2ccc(Cl)cc2)cc(I)c1O. The van der Waals surface area contributed by atoms with Crippen molar-refractivity contribution in [1.82, 2.24) is 9.91 Å². The molecule has 3 N–H and O–H groups in total. The van der Waals surface area contributed by atoms with Crippen LogP contribution < -0.4 is 10.2 Å². The van der Waals surface area contributed by atoms with Crippen LogP contribution in [0.5, 0.6) is 11.5 Å². The molecule has 264 valence electrons. The van der Waals surface area contributed by atoms with Gasteiger partial charge in [-0.2, -0.15) is 5.01 Å². The molecule has 14 heteroatoms. The molecule has 7 rings (SSSR count). The van der Waals surface area contributed by atoms with Gasteiger partial charge in [0.15, 0.2) is 11.5 Å². The fourth-order valence-corrected chi connectivity index (χ4v) is 9.37. The number of hydrogen-bond acceptors (Lipinski definition) is 8. The third kappa shape index (κ3) is 5.55. The number of carboxylic acid groups (broad SMARTS) is 1. The minimum absolute atomic E-state index is 0.0409. The first-order valence-corrected chi connectivity index (χ1v) is 17.8. The summed E-state index contributed by atoms with van der Waals surface area (Å²) in [7, 11) is 1.40. The van der Waals surface area contributed by atoms with E-state index >= 15 is 4.79 Å². The van der Waals surface area contributed by atoms with Gasteiger partial charge < -0.3 is 14.9 Å². The second-order valence-corrected chi connectivity index (χ2v) is 14.9. The molecule has 6 atom stereocenters. The molecule has 0 aromatic heterocycles. The van der Waals surface area contributed by atoms with E-state index in [9.17, 15) is 33.8 Å². The first-order valence-electron chi connectivity index (χ1n) is 16.4. The van der Waals surface area contributed by atoms with Gasteiger partial charge in [-0.25, -0.2) is 4.39 Å². The summed E-state index contributed by atoms with van der Waals surface area (Å²) in [6, 6.07) is 15.3. The number of anilines is 1. The molecule has 2 saturated heterocycles. The number of methoxy groups -OCH3 is 1. The average molecular weight is 828 g/mol. The van der Waals surface area contributed by atoms with Gasteiger partial charge in [-0.1, -0.05) is 35.4 Å². The number of hydrogen-bond donors (Lipinski definition) is 3. The van der Waals surface area contributed by atoms with Gasteiger partial charge in [0.2, 0.25) is 11.8 Å². The minimum atomic E-state index is -1.60. The summed E-state index contributed by atoms with van der Waals surface area (Å²) in [6.07, 6.45) is 2.04. The van der Waals surface area contributed by atoms with Crippen molar-refractivity contribution in [2.24, 2.45) is 23.7 Å². The number of ether oxygens (including phenoxy) is 1. The number of phenolic OH excluding ortho intramolecular Hbond substituents is 1. The van der Waals surface area contributed by atoms with Gasteiger partial charge in [-0.3, -0.25) is 34.3 Å². The van der Waals surface area contributed by atoms with Gasteiger partial charge in [0.1, 0.15) is 5.82 Å². The number of fused-ring (bicyclic) bond motifs is 4. The van der Waals surface area contributed by atoms with Crippen LogP contribution in [0.4, 0.5) is 10.1 Å². The number of amides is 4. The number of carboxylic acids is 1. The monoisotopic (exact) mass is 827 g/mol. The normalized spacial score (nSPS) is 26.8. The van der Waals surface area contributed by atoms with Gasteiger partial charge in [-0.05, 0) is 107 Å². The zero-order valence-corrected chi connectivity index (χ0v) is 30.1. The van der Waals surface area contributed by atoms with Gasteiger partial charge >= 0.3 is 5.97 Å². The quantitative estimate of drug-likeness (QED) is 0.141. The molecular formula is C37H32ClFIN3O8. The summed E-state index contributed by atoms with van der Waals surface area (Å²) in [5.41, 5.74) is 3.35. The zero-order chi connectivity index (χ0) is 36.4. The van der Waals surface area contributed by atoms with Crippen LogP contribution in [0.15, 0.2) is 72.3 Å². The summed E-state index contributed by atoms with van der Waals surface area (Å²) < 4.78 is 19.8. The zero-order valence-electron chi connectivity index (χ0n) is 27.1. The lowest BCUT2D eigenvalue weighted by Gasteiger charge is -2.50. The summed E-state index contributed by atoms with van der Waals surface area (Å²) in [5, 5.41) is 21.4. The Hall–Kier alpha value is -4.50. The Morgan fingerprint density at radius 1 is 1.04 bits per heavy atom. The lowest BCUT2D eigenvalue weighted by atomic mass is 9.49. The number of phenols is 1. The van der Waals surface area contributed by atoms with Crippen LogP contribution in [-0.4, -0.2) is 63.4 Å². The molecule has 4 amide bonds. The van der Waals surface area contributed by atoms with Crippen molar-refractivity contribution in [3.63, 3.8) is 0 Å². The van der Waals surface area contributed by atoms with Crippen LogP contribution in [0, 0.1) is 33.1 Å². The first kappa shape index (κ1) is 34.9. The molecule has 2 heterocycles. The van der Waals surface area contributed by atoms with Gasteiger partial charge in [0.05, 0.1) is 39.5 Å². The van der Waals surface area contributed by atoms with Crippen molar-refractivity contribution >= 4 is 69.5 Å². The number of carbonyl (C=O) groups excluding carboxylic acids is 4.